The van der Waals surface area contributed by atoms with Gasteiger partial charge in [0.2, 0.25) is 5.91 Å². The smallest absolute Gasteiger partial charge is 0.238 e. The average molecular weight is 270 g/mol. The van der Waals surface area contributed by atoms with Crippen LogP contribution >= 0.6 is 0 Å². The molecule has 0 heterocycles. The highest BCUT2D eigenvalue weighted by atomic mass is 19.1. The predicted octanol–water partition coefficient (Wildman–Crippen LogP) is 1.02. The van der Waals surface area contributed by atoms with Crippen molar-refractivity contribution in [2.45, 2.75) is 0 Å². The minimum absolute atomic E-state index is 0.157. The van der Waals surface area contributed by atoms with Gasteiger partial charge in [0.15, 0.2) is 0 Å². The Hall–Kier alpha value is -1.50. The molecule has 6 heteroatoms. The van der Waals surface area contributed by atoms with Gasteiger partial charge in [0.1, 0.15) is 5.82 Å². The number of hydrogen-bond acceptors (Lipinski definition) is 4. The molecule has 1 aromatic carbocycles. The molecule has 0 aliphatic carbocycles. The van der Waals surface area contributed by atoms with Crippen LogP contribution in [-0.4, -0.2) is 45.9 Å². The van der Waals surface area contributed by atoms with Crippen molar-refractivity contribution in [3.8, 4) is 0 Å². The molecule has 0 saturated carbocycles. The van der Waals surface area contributed by atoms with E-state index in [1.807, 2.05) is 0 Å². The van der Waals surface area contributed by atoms with Gasteiger partial charge in [-0.2, -0.15) is 0 Å². The van der Waals surface area contributed by atoms with Crippen LogP contribution in [0.1, 0.15) is 0 Å². The van der Waals surface area contributed by atoms with Gasteiger partial charge in [-0.25, -0.2) is 4.39 Å². The van der Waals surface area contributed by atoms with Crippen LogP contribution in [0.4, 0.5) is 10.1 Å². The molecule has 0 bridgehead atoms. The maximum absolute atomic E-state index is 12.9. The topological polar surface area (TPSA) is 59.6 Å². The van der Waals surface area contributed by atoms with E-state index in [1.165, 1.54) is 12.1 Å². The van der Waals surface area contributed by atoms with Gasteiger partial charge in [0.25, 0.3) is 0 Å². The lowest BCUT2D eigenvalue weighted by Gasteiger charge is -2.07. The van der Waals surface area contributed by atoms with Crippen molar-refractivity contribution < 1.29 is 18.7 Å². The van der Waals surface area contributed by atoms with Crippen LogP contribution < -0.4 is 10.6 Å². The van der Waals surface area contributed by atoms with Gasteiger partial charge in [-0.3, -0.25) is 4.79 Å². The average Bonchev–Trinajstić information content (AvgIpc) is 2.37. The Morgan fingerprint density at radius 3 is 2.89 bits per heavy atom. The van der Waals surface area contributed by atoms with Crippen LogP contribution in [0, 0.1) is 5.82 Å². The number of rotatable bonds is 9. The number of amides is 1. The number of methoxy groups -OCH3 is 1. The zero-order valence-electron chi connectivity index (χ0n) is 10.9. The Morgan fingerprint density at radius 1 is 1.32 bits per heavy atom. The quantitative estimate of drug-likeness (QED) is 0.658. The van der Waals surface area contributed by atoms with Crippen LogP contribution in [0.2, 0.25) is 0 Å². The minimum atomic E-state index is -0.377. The lowest BCUT2D eigenvalue weighted by atomic mass is 10.3. The summed E-state index contributed by atoms with van der Waals surface area (Å²) in [5.74, 6) is -0.597. The Balaban J connectivity index is 2.08. The molecule has 0 fully saturated rings. The zero-order valence-corrected chi connectivity index (χ0v) is 10.9. The molecule has 0 aliphatic heterocycles. The van der Waals surface area contributed by atoms with Crippen molar-refractivity contribution in [2.24, 2.45) is 0 Å². The van der Waals surface area contributed by atoms with Crippen molar-refractivity contribution in [1.82, 2.24) is 5.32 Å². The standard InChI is InChI=1S/C13H19FN2O3/c1-18-7-8-19-6-5-15-10-13(17)16-12-4-2-3-11(14)9-12/h2-4,9,15H,5-8,10H2,1H3,(H,16,17). The fraction of sp³-hybridized carbons (Fsp3) is 0.462. The van der Waals surface area contributed by atoms with E-state index in [-0.39, 0.29) is 18.3 Å². The highest BCUT2D eigenvalue weighted by Gasteiger charge is 2.02. The van der Waals surface area contributed by atoms with Crippen molar-refractivity contribution in [3.63, 3.8) is 0 Å². The number of hydrogen-bond donors (Lipinski definition) is 2. The summed E-state index contributed by atoms with van der Waals surface area (Å²) >= 11 is 0. The monoisotopic (exact) mass is 270 g/mol. The molecule has 0 aliphatic rings. The highest BCUT2D eigenvalue weighted by molar-refractivity contribution is 5.92. The fourth-order valence-electron chi connectivity index (χ4n) is 1.36. The van der Waals surface area contributed by atoms with Crippen LogP contribution in [-0.2, 0) is 14.3 Å². The molecule has 106 valence electrons. The summed E-state index contributed by atoms with van der Waals surface area (Å²) < 4.78 is 22.9. The Kier molecular flexibility index (Phi) is 7.72. The molecule has 0 atom stereocenters. The van der Waals surface area contributed by atoms with E-state index in [4.69, 9.17) is 9.47 Å². The lowest BCUT2D eigenvalue weighted by Crippen LogP contribution is -2.30. The third-order valence-electron chi connectivity index (χ3n) is 2.25. The highest BCUT2D eigenvalue weighted by Crippen LogP contribution is 2.08. The molecule has 1 aromatic rings. The summed E-state index contributed by atoms with van der Waals surface area (Å²) in [6.07, 6.45) is 0. The maximum Gasteiger partial charge on any atom is 0.238 e. The van der Waals surface area contributed by atoms with Gasteiger partial charge in [0.05, 0.1) is 26.4 Å². The summed E-state index contributed by atoms with van der Waals surface area (Å²) in [4.78, 5) is 11.5. The predicted molar refractivity (Wildman–Crippen MR) is 70.6 cm³/mol. The maximum atomic E-state index is 12.9. The SMILES string of the molecule is COCCOCCNCC(=O)Nc1cccc(F)c1. The Morgan fingerprint density at radius 2 is 2.16 bits per heavy atom. The molecule has 0 radical (unpaired) electrons. The first-order valence-electron chi connectivity index (χ1n) is 6.05. The van der Waals surface area contributed by atoms with E-state index in [1.54, 1.807) is 19.2 Å². The van der Waals surface area contributed by atoms with E-state index in [0.29, 0.717) is 32.1 Å². The molecular formula is C13H19FN2O3. The fourth-order valence-corrected chi connectivity index (χ4v) is 1.36. The van der Waals surface area contributed by atoms with Crippen LogP contribution in [0.15, 0.2) is 24.3 Å². The number of nitrogens with one attached hydrogen (secondary N) is 2. The Bertz CT molecular complexity index is 388. The van der Waals surface area contributed by atoms with Crippen LogP contribution in [0.25, 0.3) is 0 Å². The first kappa shape index (κ1) is 15.6. The van der Waals surface area contributed by atoms with E-state index in [9.17, 15) is 9.18 Å². The normalized spacial score (nSPS) is 10.4. The summed E-state index contributed by atoms with van der Waals surface area (Å²) in [5, 5.41) is 5.52. The second-order valence-electron chi connectivity index (χ2n) is 3.84. The zero-order chi connectivity index (χ0) is 13.9. The molecule has 2 N–H and O–H groups in total. The van der Waals surface area contributed by atoms with Crippen molar-refractivity contribution in [2.75, 3.05) is 45.3 Å². The minimum Gasteiger partial charge on any atom is -0.382 e. The largest absolute Gasteiger partial charge is 0.382 e. The van der Waals surface area contributed by atoms with Gasteiger partial charge in [-0.1, -0.05) is 6.07 Å². The second kappa shape index (κ2) is 9.43. The van der Waals surface area contributed by atoms with Crippen LogP contribution in [0.5, 0.6) is 0 Å². The number of carbonyl (C=O) groups is 1. The number of ether oxygens (including phenoxy) is 2. The number of halogens is 1. The van der Waals surface area contributed by atoms with Crippen molar-refractivity contribution in [3.05, 3.63) is 30.1 Å². The Labute approximate surface area is 112 Å². The van der Waals surface area contributed by atoms with E-state index in [2.05, 4.69) is 10.6 Å². The lowest BCUT2D eigenvalue weighted by molar-refractivity contribution is -0.115. The molecule has 0 aromatic heterocycles. The molecule has 19 heavy (non-hydrogen) atoms. The van der Waals surface area contributed by atoms with E-state index >= 15 is 0 Å². The second-order valence-corrected chi connectivity index (χ2v) is 3.84. The van der Waals surface area contributed by atoms with Crippen molar-refractivity contribution >= 4 is 11.6 Å². The summed E-state index contributed by atoms with van der Waals surface area (Å²) in [6.45, 7) is 2.33. The summed E-state index contributed by atoms with van der Waals surface area (Å²) in [7, 11) is 1.61. The molecule has 0 saturated heterocycles. The van der Waals surface area contributed by atoms with Crippen molar-refractivity contribution in [1.29, 1.82) is 0 Å². The number of anilines is 1. The van der Waals surface area contributed by atoms with Gasteiger partial charge < -0.3 is 20.1 Å². The van der Waals surface area contributed by atoms with Crippen LogP contribution in [0.3, 0.4) is 0 Å². The van der Waals surface area contributed by atoms with Gasteiger partial charge in [0, 0.05) is 19.3 Å². The molecule has 5 nitrogen and oxygen atoms in total. The summed E-state index contributed by atoms with van der Waals surface area (Å²) in [6, 6.07) is 5.77. The van der Waals surface area contributed by atoms with Gasteiger partial charge in [-0.15, -0.1) is 0 Å². The van der Waals surface area contributed by atoms with Gasteiger partial charge in [-0.05, 0) is 18.2 Å². The first-order chi connectivity index (χ1) is 9.22. The molecular weight excluding hydrogens is 251 g/mol. The number of carbonyl (C=O) groups excluding carboxylic acids is 1. The summed E-state index contributed by atoms with van der Waals surface area (Å²) in [5.41, 5.74) is 0.447. The third kappa shape index (κ3) is 7.50. The first-order valence-corrected chi connectivity index (χ1v) is 6.05. The molecule has 0 spiro atoms. The van der Waals surface area contributed by atoms with Gasteiger partial charge >= 0.3 is 0 Å². The van der Waals surface area contributed by atoms with E-state index < -0.39 is 0 Å². The molecule has 0 unspecified atom stereocenters. The number of benzene rings is 1. The third-order valence-corrected chi connectivity index (χ3v) is 2.25. The van der Waals surface area contributed by atoms with E-state index in [0.717, 1.165) is 0 Å². The molecule has 1 rings (SSSR count). The molecule has 1 amide bonds.